The molecule has 10 rings (SSSR count). The first-order chi connectivity index (χ1) is 45.6. The highest BCUT2D eigenvalue weighted by molar-refractivity contribution is 6.02. The number of hydrogen-bond acceptors (Lipinski definition) is 17. The average molecular weight is 1260 g/mol. The summed E-state index contributed by atoms with van der Waals surface area (Å²) in [5, 5.41) is 4.74. The summed E-state index contributed by atoms with van der Waals surface area (Å²) in [6, 6.07) is 58.8. The van der Waals surface area contributed by atoms with Crippen LogP contribution in [0.1, 0.15) is 57.3 Å². The Bertz CT molecular complexity index is 3590. The van der Waals surface area contributed by atoms with Crippen LogP contribution in [0.25, 0.3) is 21.5 Å². The Morgan fingerprint density at radius 1 is 0.258 bits per heavy atom. The minimum atomic E-state index is 0.140. The summed E-state index contributed by atoms with van der Waals surface area (Å²) in [5.41, 5.74) is 10.2. The van der Waals surface area contributed by atoms with E-state index in [1.807, 2.05) is 127 Å². The lowest BCUT2D eigenvalue weighted by atomic mass is 9.97. The van der Waals surface area contributed by atoms with Gasteiger partial charge in [0.2, 0.25) is 0 Å². The van der Waals surface area contributed by atoms with E-state index in [2.05, 4.69) is 60.1 Å². The highest BCUT2D eigenvalue weighted by Gasteiger charge is 2.15. The van der Waals surface area contributed by atoms with Crippen molar-refractivity contribution < 1.29 is 75.9 Å². The molecule has 0 unspecified atom stereocenters. The van der Waals surface area contributed by atoms with E-state index in [1.165, 1.54) is 21.5 Å². The molecule has 0 fully saturated rings. The predicted molar refractivity (Wildman–Crippen MR) is 357 cm³/mol. The number of rotatable bonds is 36. The molecule has 484 valence electrons. The van der Waals surface area contributed by atoms with Crippen LogP contribution in [0.15, 0.2) is 182 Å². The molecule has 0 aromatic heterocycles. The summed E-state index contributed by atoms with van der Waals surface area (Å²) < 4.78 is 89.9. The second-order valence-corrected chi connectivity index (χ2v) is 21.8. The molecule has 1 N–H and O–H groups in total. The number of benzene rings is 10. The Morgan fingerprint density at radius 3 is 0.806 bits per heavy atom. The van der Waals surface area contributed by atoms with E-state index in [-0.39, 0.29) is 39.6 Å². The van der Waals surface area contributed by atoms with Gasteiger partial charge in [0.15, 0.2) is 0 Å². The van der Waals surface area contributed by atoms with Crippen molar-refractivity contribution in [2.24, 2.45) is 0 Å². The third-order valence-corrected chi connectivity index (χ3v) is 15.2. The number of methoxy groups -OCH3 is 8. The Labute approximate surface area is 543 Å². The topological polar surface area (TPSA) is 160 Å². The zero-order chi connectivity index (χ0) is 64.7. The van der Waals surface area contributed by atoms with Crippen molar-refractivity contribution in [3.05, 3.63) is 226 Å². The maximum absolute atomic E-state index is 6.69. The van der Waals surface area contributed by atoms with Crippen molar-refractivity contribution in [3.63, 3.8) is 0 Å². The van der Waals surface area contributed by atoms with E-state index in [0.29, 0.717) is 107 Å². The lowest BCUT2D eigenvalue weighted by Gasteiger charge is -2.16. The SMILES string of the molecule is COc1cc(COc2cc(COc3cc(COCCCCNOCc4c5ccccc5cc5ccccc45)cc(OCc4cc(OCc5cc(OC)cc(OC)c5)cc(OCc5cc(OC)cc(OC)c5)c4)c3)cc(OCc3cc(OC)cc(OC)c3)c2)cc(OC)c1. The van der Waals surface area contributed by atoms with E-state index >= 15 is 0 Å². The van der Waals surface area contributed by atoms with Gasteiger partial charge in [0, 0.05) is 55.6 Å². The van der Waals surface area contributed by atoms with Gasteiger partial charge in [-0.1, -0.05) is 48.5 Å². The van der Waals surface area contributed by atoms with Crippen LogP contribution >= 0.6 is 0 Å². The molecular formula is C76H79NO16. The normalized spacial score (nSPS) is 11.0. The van der Waals surface area contributed by atoms with E-state index in [9.17, 15) is 0 Å². The molecule has 0 amide bonds. The summed E-state index contributed by atoms with van der Waals surface area (Å²) in [5.74, 6) is 8.52. The van der Waals surface area contributed by atoms with Gasteiger partial charge in [-0.2, -0.15) is 0 Å². The van der Waals surface area contributed by atoms with Crippen molar-refractivity contribution in [1.29, 1.82) is 0 Å². The van der Waals surface area contributed by atoms with Gasteiger partial charge in [0.1, 0.15) is 120 Å². The van der Waals surface area contributed by atoms with Gasteiger partial charge in [-0.05, 0) is 170 Å². The lowest BCUT2D eigenvalue weighted by Crippen LogP contribution is -2.16. The van der Waals surface area contributed by atoms with Gasteiger partial charge in [-0.15, -0.1) is 0 Å². The van der Waals surface area contributed by atoms with Crippen LogP contribution in [0.3, 0.4) is 0 Å². The molecule has 0 radical (unpaired) electrons. The fraction of sp³-hybridized carbons (Fsp3) is 0.263. The molecular weight excluding hydrogens is 1180 g/mol. The Morgan fingerprint density at radius 2 is 0.516 bits per heavy atom. The number of nitrogens with one attached hydrogen (secondary N) is 1. The first-order valence-corrected chi connectivity index (χ1v) is 30.5. The first-order valence-electron chi connectivity index (χ1n) is 30.5. The molecule has 17 nitrogen and oxygen atoms in total. The minimum Gasteiger partial charge on any atom is -0.497 e. The second kappa shape index (κ2) is 33.2. The van der Waals surface area contributed by atoms with Crippen LogP contribution < -0.4 is 71.8 Å². The monoisotopic (exact) mass is 1260 g/mol. The fourth-order valence-corrected chi connectivity index (χ4v) is 10.5. The van der Waals surface area contributed by atoms with Crippen LogP contribution in [0.2, 0.25) is 0 Å². The van der Waals surface area contributed by atoms with Crippen molar-refractivity contribution in [2.45, 2.75) is 65.7 Å². The molecule has 0 atom stereocenters. The molecule has 10 aromatic carbocycles. The molecule has 0 aliphatic heterocycles. The zero-order valence-electron chi connectivity index (χ0n) is 53.8. The molecule has 0 saturated heterocycles. The summed E-state index contributed by atoms with van der Waals surface area (Å²) in [6.45, 7) is 3.06. The largest absolute Gasteiger partial charge is 0.497 e. The summed E-state index contributed by atoms with van der Waals surface area (Å²) >= 11 is 0. The lowest BCUT2D eigenvalue weighted by molar-refractivity contribution is 0.0266. The number of hydrogen-bond donors (Lipinski definition) is 1. The van der Waals surface area contributed by atoms with Gasteiger partial charge in [-0.3, -0.25) is 4.84 Å². The average Bonchev–Trinajstić information content (AvgIpc) is 0.839. The van der Waals surface area contributed by atoms with Crippen molar-refractivity contribution in [2.75, 3.05) is 70.0 Å². The smallest absolute Gasteiger partial charge is 0.123 e. The molecule has 17 heteroatoms. The maximum atomic E-state index is 6.69. The Hall–Kier alpha value is -10.2. The Kier molecular flexibility index (Phi) is 23.5. The van der Waals surface area contributed by atoms with Crippen molar-refractivity contribution in [3.8, 4) is 80.5 Å². The van der Waals surface area contributed by atoms with Gasteiger partial charge < -0.3 is 71.1 Å². The predicted octanol–water partition coefficient (Wildman–Crippen LogP) is 15.6. The number of hydroxylamine groups is 1. The van der Waals surface area contributed by atoms with Gasteiger partial charge in [-0.25, -0.2) is 5.48 Å². The quantitative estimate of drug-likeness (QED) is 0.0224. The fourth-order valence-electron chi connectivity index (χ4n) is 10.5. The summed E-state index contributed by atoms with van der Waals surface area (Å²) in [7, 11) is 12.9. The van der Waals surface area contributed by atoms with E-state index in [0.717, 1.165) is 57.3 Å². The second-order valence-electron chi connectivity index (χ2n) is 21.8. The van der Waals surface area contributed by atoms with Crippen LogP contribution in [0.4, 0.5) is 0 Å². The highest BCUT2D eigenvalue weighted by Crippen LogP contribution is 2.35. The summed E-state index contributed by atoms with van der Waals surface area (Å²) in [6.07, 6.45) is 1.63. The van der Waals surface area contributed by atoms with Gasteiger partial charge in [0.05, 0.1) is 70.1 Å². The van der Waals surface area contributed by atoms with Crippen molar-refractivity contribution in [1.82, 2.24) is 5.48 Å². The summed E-state index contributed by atoms with van der Waals surface area (Å²) in [4.78, 5) is 6.08. The number of unbranched alkanes of at least 4 members (excludes halogenated alkanes) is 1. The molecule has 0 aliphatic carbocycles. The van der Waals surface area contributed by atoms with Gasteiger partial charge >= 0.3 is 0 Å². The van der Waals surface area contributed by atoms with E-state index in [4.69, 9.17) is 75.9 Å². The number of fused-ring (bicyclic) bond motifs is 2. The third-order valence-electron chi connectivity index (χ3n) is 15.2. The van der Waals surface area contributed by atoms with Gasteiger partial charge in [0.25, 0.3) is 0 Å². The molecule has 0 heterocycles. The molecule has 0 spiro atoms. The maximum Gasteiger partial charge on any atom is 0.123 e. The third kappa shape index (κ3) is 18.9. The van der Waals surface area contributed by atoms with Crippen LogP contribution in [0, 0.1) is 0 Å². The molecule has 10 aromatic rings. The molecule has 0 bridgehead atoms. The first kappa shape index (κ1) is 65.7. The van der Waals surface area contributed by atoms with E-state index < -0.39 is 0 Å². The van der Waals surface area contributed by atoms with Crippen LogP contribution in [-0.2, 0) is 62.4 Å². The van der Waals surface area contributed by atoms with Crippen molar-refractivity contribution >= 4 is 21.5 Å². The van der Waals surface area contributed by atoms with Crippen LogP contribution in [-0.4, -0.2) is 70.0 Å². The Balaban J connectivity index is 0.870. The van der Waals surface area contributed by atoms with Crippen LogP contribution in [0.5, 0.6) is 80.5 Å². The molecule has 0 aliphatic rings. The standard InChI is InChI=1S/C76H79NO16/c1-78-60-21-52(22-61(36-60)79-2)44-87-70-31-56(32-71(41-70)88-45-53-23-62(80-3)37-63(24-53)81-4)48-91-68-29-51(43-86-20-14-13-19-77-93-50-76-74-17-11-9-15-58(74)35-59-16-10-12-18-75(59)76)30-69(40-68)92-49-57-33-72(89-46-54-25-64(82-5)38-65(26-54)83-6)42-73(34-57)90-47-55-27-66(84-7)39-67(28-55)85-8/h9-12,15-18,21-42,77H,13-14,19-20,43-50H2,1-8H3. The number of ether oxygens (including phenoxy) is 15. The molecule has 0 saturated carbocycles. The molecule has 93 heavy (non-hydrogen) atoms. The van der Waals surface area contributed by atoms with E-state index in [1.54, 1.807) is 56.9 Å². The minimum absolute atomic E-state index is 0.140. The zero-order valence-corrected chi connectivity index (χ0v) is 53.8. The highest BCUT2D eigenvalue weighted by atomic mass is 16.6.